The maximum Gasteiger partial charge on any atom is 0.277 e. The Morgan fingerprint density at radius 3 is 2.64 bits per heavy atom. The molecule has 0 atom stereocenters. The SMILES string of the molecule is CC(C)(C)c1cc(=O)[nH]c2cc(NC(=O)c3cc(-c4ccco4)on3)ccc12. The topological polar surface area (TPSA) is 101 Å². The molecule has 7 nitrogen and oxygen atoms in total. The summed E-state index contributed by atoms with van der Waals surface area (Å²) >= 11 is 0. The van der Waals surface area contributed by atoms with Crippen molar-refractivity contribution >= 4 is 22.5 Å². The van der Waals surface area contributed by atoms with Crippen molar-refractivity contribution in [2.45, 2.75) is 26.2 Å². The van der Waals surface area contributed by atoms with Gasteiger partial charge in [0.1, 0.15) is 0 Å². The fourth-order valence-electron chi connectivity index (χ4n) is 3.07. The summed E-state index contributed by atoms with van der Waals surface area (Å²) in [5.74, 6) is 0.438. The van der Waals surface area contributed by atoms with Gasteiger partial charge in [-0.15, -0.1) is 0 Å². The molecule has 0 aliphatic rings. The highest BCUT2D eigenvalue weighted by molar-refractivity contribution is 6.04. The highest BCUT2D eigenvalue weighted by atomic mass is 16.5. The summed E-state index contributed by atoms with van der Waals surface area (Å²) in [6.45, 7) is 6.16. The zero-order chi connectivity index (χ0) is 19.9. The third-order valence-electron chi connectivity index (χ3n) is 4.42. The number of carbonyl (C=O) groups is 1. The predicted octanol–water partition coefficient (Wildman–Crippen LogP) is 4.33. The summed E-state index contributed by atoms with van der Waals surface area (Å²) in [5, 5.41) is 7.50. The molecule has 4 rings (SSSR count). The molecule has 3 heterocycles. The number of fused-ring (bicyclic) bond motifs is 1. The first-order chi connectivity index (χ1) is 13.3. The molecular weight excluding hydrogens is 358 g/mol. The quantitative estimate of drug-likeness (QED) is 0.553. The van der Waals surface area contributed by atoms with Gasteiger partial charge in [-0.05, 0) is 35.2 Å². The number of pyridine rings is 1. The number of benzene rings is 1. The van der Waals surface area contributed by atoms with Gasteiger partial charge in [0.25, 0.3) is 5.91 Å². The van der Waals surface area contributed by atoms with Gasteiger partial charge in [0, 0.05) is 23.2 Å². The molecule has 0 unspecified atom stereocenters. The zero-order valence-corrected chi connectivity index (χ0v) is 15.7. The average molecular weight is 377 g/mol. The van der Waals surface area contributed by atoms with E-state index in [0.717, 1.165) is 10.9 Å². The van der Waals surface area contributed by atoms with E-state index in [2.05, 4.69) is 36.2 Å². The summed E-state index contributed by atoms with van der Waals surface area (Å²) in [4.78, 5) is 27.4. The van der Waals surface area contributed by atoms with Crippen LogP contribution in [0.15, 0.2) is 62.5 Å². The normalized spacial score (nSPS) is 11.7. The molecule has 28 heavy (non-hydrogen) atoms. The zero-order valence-electron chi connectivity index (χ0n) is 15.7. The van der Waals surface area contributed by atoms with E-state index in [9.17, 15) is 9.59 Å². The Morgan fingerprint density at radius 2 is 1.93 bits per heavy atom. The number of rotatable bonds is 3. The van der Waals surface area contributed by atoms with Crippen LogP contribution in [0.1, 0.15) is 36.8 Å². The molecule has 142 valence electrons. The minimum absolute atomic E-state index is 0.128. The Labute approximate surface area is 160 Å². The molecule has 0 bridgehead atoms. The van der Waals surface area contributed by atoms with Crippen LogP contribution in [-0.2, 0) is 5.41 Å². The lowest BCUT2D eigenvalue weighted by molar-refractivity contribution is 0.101. The Balaban J connectivity index is 1.63. The van der Waals surface area contributed by atoms with Crippen molar-refractivity contribution in [3.8, 4) is 11.5 Å². The second kappa shape index (κ2) is 6.53. The van der Waals surface area contributed by atoms with Crippen LogP contribution >= 0.6 is 0 Å². The maximum atomic E-state index is 12.5. The van der Waals surface area contributed by atoms with Crippen molar-refractivity contribution in [2.75, 3.05) is 5.32 Å². The molecule has 0 aliphatic heterocycles. The first-order valence-corrected chi connectivity index (χ1v) is 8.81. The Kier molecular flexibility index (Phi) is 4.15. The van der Waals surface area contributed by atoms with Gasteiger partial charge >= 0.3 is 0 Å². The van der Waals surface area contributed by atoms with E-state index in [1.807, 2.05) is 6.07 Å². The van der Waals surface area contributed by atoms with Gasteiger partial charge in [-0.3, -0.25) is 9.59 Å². The van der Waals surface area contributed by atoms with Crippen LogP contribution in [0.4, 0.5) is 5.69 Å². The van der Waals surface area contributed by atoms with Crippen LogP contribution in [0, 0.1) is 0 Å². The third-order valence-corrected chi connectivity index (χ3v) is 4.42. The van der Waals surface area contributed by atoms with E-state index >= 15 is 0 Å². The lowest BCUT2D eigenvalue weighted by Gasteiger charge is -2.21. The van der Waals surface area contributed by atoms with Gasteiger partial charge in [0.2, 0.25) is 11.3 Å². The Morgan fingerprint density at radius 1 is 1.11 bits per heavy atom. The molecule has 0 spiro atoms. The monoisotopic (exact) mass is 377 g/mol. The third kappa shape index (κ3) is 3.34. The minimum Gasteiger partial charge on any atom is -0.461 e. The van der Waals surface area contributed by atoms with Gasteiger partial charge < -0.3 is 19.2 Å². The van der Waals surface area contributed by atoms with Crippen molar-refractivity contribution in [1.82, 2.24) is 10.1 Å². The predicted molar refractivity (Wildman–Crippen MR) is 105 cm³/mol. The standard InChI is InChI=1S/C21H19N3O4/c1-21(2,3)14-10-19(25)23-15-9-12(6-7-13(14)15)22-20(26)16-11-18(28-24-16)17-5-4-8-27-17/h4-11H,1-3H3,(H,22,26)(H,23,25). The van der Waals surface area contributed by atoms with Crippen molar-refractivity contribution in [2.24, 2.45) is 0 Å². The minimum atomic E-state index is -0.421. The number of amides is 1. The molecule has 1 aromatic carbocycles. The first-order valence-electron chi connectivity index (χ1n) is 8.81. The van der Waals surface area contributed by atoms with Crippen molar-refractivity contribution in [3.63, 3.8) is 0 Å². The molecule has 4 aromatic rings. The largest absolute Gasteiger partial charge is 0.461 e. The number of carbonyl (C=O) groups excluding carboxylic acids is 1. The number of hydrogen-bond acceptors (Lipinski definition) is 5. The van der Waals surface area contributed by atoms with Crippen molar-refractivity contribution in [1.29, 1.82) is 0 Å². The average Bonchev–Trinajstić information content (AvgIpc) is 3.31. The molecule has 1 amide bonds. The van der Waals surface area contributed by atoms with Gasteiger partial charge in [0.15, 0.2) is 11.5 Å². The highest BCUT2D eigenvalue weighted by Crippen LogP contribution is 2.29. The molecule has 0 aliphatic carbocycles. The van der Waals surface area contributed by atoms with E-state index in [-0.39, 0.29) is 16.7 Å². The first kappa shape index (κ1) is 17.8. The number of hydrogen-bond donors (Lipinski definition) is 2. The number of H-pyrrole nitrogens is 1. The van der Waals surface area contributed by atoms with Crippen LogP contribution in [-0.4, -0.2) is 16.0 Å². The molecule has 7 heteroatoms. The molecule has 0 saturated carbocycles. The lowest BCUT2D eigenvalue weighted by Crippen LogP contribution is -2.17. The molecule has 0 fully saturated rings. The van der Waals surface area contributed by atoms with E-state index in [4.69, 9.17) is 8.94 Å². The molecule has 2 N–H and O–H groups in total. The lowest BCUT2D eigenvalue weighted by atomic mass is 9.85. The van der Waals surface area contributed by atoms with Crippen LogP contribution in [0.2, 0.25) is 0 Å². The fraction of sp³-hybridized carbons (Fsp3) is 0.190. The van der Waals surface area contributed by atoms with Gasteiger partial charge in [-0.25, -0.2) is 0 Å². The molecule has 0 radical (unpaired) electrons. The smallest absolute Gasteiger partial charge is 0.277 e. The number of furan rings is 1. The van der Waals surface area contributed by atoms with E-state index in [0.29, 0.717) is 22.7 Å². The summed E-state index contributed by atoms with van der Waals surface area (Å²) in [6.07, 6.45) is 1.51. The van der Waals surface area contributed by atoms with Gasteiger partial charge in [-0.2, -0.15) is 0 Å². The Bertz CT molecular complexity index is 1210. The van der Waals surface area contributed by atoms with Gasteiger partial charge in [-0.1, -0.05) is 32.0 Å². The van der Waals surface area contributed by atoms with Crippen LogP contribution in [0.5, 0.6) is 0 Å². The number of anilines is 1. The number of nitrogens with one attached hydrogen (secondary N) is 2. The van der Waals surface area contributed by atoms with E-state index in [1.54, 1.807) is 30.3 Å². The fourth-order valence-corrected chi connectivity index (χ4v) is 3.07. The molecular formula is C21H19N3O4. The molecule has 3 aromatic heterocycles. The molecule has 0 saturated heterocycles. The van der Waals surface area contributed by atoms with E-state index < -0.39 is 5.91 Å². The summed E-state index contributed by atoms with van der Waals surface area (Å²) in [7, 11) is 0. The number of aromatic amines is 1. The van der Waals surface area contributed by atoms with Crippen molar-refractivity contribution < 1.29 is 13.7 Å². The van der Waals surface area contributed by atoms with Gasteiger partial charge in [0.05, 0.1) is 11.8 Å². The second-order valence-electron chi connectivity index (χ2n) is 7.57. The number of aromatic nitrogens is 2. The van der Waals surface area contributed by atoms with Crippen LogP contribution in [0.25, 0.3) is 22.4 Å². The highest BCUT2D eigenvalue weighted by Gasteiger charge is 2.19. The summed E-state index contributed by atoms with van der Waals surface area (Å²) < 4.78 is 10.4. The second-order valence-corrected chi connectivity index (χ2v) is 7.57. The van der Waals surface area contributed by atoms with Crippen LogP contribution < -0.4 is 10.9 Å². The van der Waals surface area contributed by atoms with Crippen LogP contribution in [0.3, 0.4) is 0 Å². The summed E-state index contributed by atoms with van der Waals surface area (Å²) in [5.41, 5.74) is 1.92. The Hall–Kier alpha value is -3.61. The number of nitrogens with zero attached hydrogens (tertiary/aromatic N) is 1. The maximum absolute atomic E-state index is 12.5. The summed E-state index contributed by atoms with van der Waals surface area (Å²) in [6, 6.07) is 12.0. The van der Waals surface area contributed by atoms with E-state index in [1.165, 1.54) is 12.3 Å². The van der Waals surface area contributed by atoms with Crippen molar-refractivity contribution in [3.05, 3.63) is 70.3 Å².